The highest BCUT2D eigenvalue weighted by molar-refractivity contribution is 7.16. The summed E-state index contributed by atoms with van der Waals surface area (Å²) in [5.74, 6) is 0. The SMILES string of the molecule is O=c1[nH]c2cc3n[nH]nc3cc2s1. The summed E-state index contributed by atoms with van der Waals surface area (Å²) >= 11 is 1.18. The molecule has 1 aromatic carbocycles. The van der Waals surface area contributed by atoms with Crippen LogP contribution in [0.25, 0.3) is 21.3 Å². The van der Waals surface area contributed by atoms with E-state index in [4.69, 9.17) is 0 Å². The van der Waals surface area contributed by atoms with Crippen LogP contribution < -0.4 is 4.87 Å². The number of hydrogen-bond acceptors (Lipinski definition) is 4. The molecule has 0 aliphatic rings. The van der Waals surface area contributed by atoms with Gasteiger partial charge in [0.25, 0.3) is 0 Å². The second-order valence-electron chi connectivity index (χ2n) is 2.68. The third-order valence-corrected chi connectivity index (χ3v) is 2.70. The molecule has 0 aliphatic carbocycles. The van der Waals surface area contributed by atoms with Crippen LogP contribution in [0.4, 0.5) is 0 Å². The van der Waals surface area contributed by atoms with E-state index in [0.29, 0.717) is 0 Å². The maximum atomic E-state index is 11.0. The van der Waals surface area contributed by atoms with Crippen molar-refractivity contribution in [1.29, 1.82) is 0 Å². The number of fused-ring (bicyclic) bond motifs is 2. The second-order valence-corrected chi connectivity index (χ2v) is 3.69. The van der Waals surface area contributed by atoms with Gasteiger partial charge in [-0.15, -0.1) is 0 Å². The Morgan fingerprint density at radius 2 is 2.00 bits per heavy atom. The van der Waals surface area contributed by atoms with E-state index in [2.05, 4.69) is 20.4 Å². The third-order valence-electron chi connectivity index (χ3n) is 1.86. The van der Waals surface area contributed by atoms with Crippen molar-refractivity contribution in [2.45, 2.75) is 0 Å². The Kier molecular flexibility index (Phi) is 1.13. The van der Waals surface area contributed by atoms with Crippen LogP contribution in [0.1, 0.15) is 0 Å². The molecular formula is C7H4N4OS. The Labute approximate surface area is 75.4 Å². The number of benzene rings is 1. The molecule has 0 saturated carbocycles. The monoisotopic (exact) mass is 192 g/mol. The summed E-state index contributed by atoms with van der Waals surface area (Å²) in [7, 11) is 0. The molecule has 0 aliphatic heterocycles. The molecule has 3 rings (SSSR count). The van der Waals surface area contributed by atoms with Crippen LogP contribution in [0.15, 0.2) is 16.9 Å². The van der Waals surface area contributed by atoms with E-state index in [1.54, 1.807) is 0 Å². The normalized spacial score (nSPS) is 11.4. The highest BCUT2D eigenvalue weighted by Gasteiger charge is 2.03. The highest BCUT2D eigenvalue weighted by Crippen LogP contribution is 2.19. The zero-order chi connectivity index (χ0) is 8.84. The summed E-state index contributed by atoms with van der Waals surface area (Å²) in [4.78, 5) is 13.7. The van der Waals surface area contributed by atoms with E-state index in [9.17, 15) is 4.79 Å². The van der Waals surface area contributed by atoms with Crippen LogP contribution in [0.3, 0.4) is 0 Å². The Bertz CT molecular complexity index is 583. The predicted molar refractivity (Wildman–Crippen MR) is 49.9 cm³/mol. The minimum atomic E-state index is -0.0494. The number of hydrogen-bond donors (Lipinski definition) is 2. The van der Waals surface area contributed by atoms with E-state index in [1.165, 1.54) is 11.3 Å². The van der Waals surface area contributed by atoms with Gasteiger partial charge in [-0.3, -0.25) is 4.79 Å². The van der Waals surface area contributed by atoms with Gasteiger partial charge in [-0.25, -0.2) is 0 Å². The van der Waals surface area contributed by atoms with Crippen LogP contribution in [0.2, 0.25) is 0 Å². The lowest BCUT2D eigenvalue weighted by Crippen LogP contribution is -1.89. The summed E-state index contributed by atoms with van der Waals surface area (Å²) < 4.78 is 0.909. The summed E-state index contributed by atoms with van der Waals surface area (Å²) in [5.41, 5.74) is 2.36. The summed E-state index contributed by atoms with van der Waals surface area (Å²) in [6, 6.07) is 3.66. The molecule has 13 heavy (non-hydrogen) atoms. The molecule has 0 fully saturated rings. The molecule has 2 heterocycles. The number of rotatable bonds is 0. The lowest BCUT2D eigenvalue weighted by atomic mass is 10.3. The van der Waals surface area contributed by atoms with Crippen molar-refractivity contribution in [3.8, 4) is 0 Å². The van der Waals surface area contributed by atoms with E-state index in [1.807, 2.05) is 12.1 Å². The van der Waals surface area contributed by atoms with Crippen molar-refractivity contribution in [3.05, 3.63) is 21.8 Å². The van der Waals surface area contributed by atoms with Gasteiger partial charge in [0, 0.05) is 0 Å². The van der Waals surface area contributed by atoms with Gasteiger partial charge in [-0.05, 0) is 12.1 Å². The first-order valence-electron chi connectivity index (χ1n) is 3.66. The molecule has 0 atom stereocenters. The molecule has 0 saturated heterocycles. The van der Waals surface area contributed by atoms with Crippen LogP contribution in [0.5, 0.6) is 0 Å². The molecule has 0 spiro atoms. The van der Waals surface area contributed by atoms with Gasteiger partial charge in [0.15, 0.2) is 0 Å². The van der Waals surface area contributed by atoms with Gasteiger partial charge in [-0.2, -0.15) is 15.4 Å². The Morgan fingerprint density at radius 3 is 2.85 bits per heavy atom. The molecule has 2 aromatic heterocycles. The fourth-order valence-electron chi connectivity index (χ4n) is 1.29. The molecule has 0 unspecified atom stereocenters. The van der Waals surface area contributed by atoms with Crippen LogP contribution >= 0.6 is 11.3 Å². The molecule has 2 N–H and O–H groups in total. The minimum absolute atomic E-state index is 0.0494. The molecule has 0 amide bonds. The van der Waals surface area contributed by atoms with Crippen LogP contribution in [-0.2, 0) is 0 Å². The van der Waals surface area contributed by atoms with Crippen LogP contribution in [0, 0.1) is 0 Å². The smallest absolute Gasteiger partial charge is 0.305 e. The largest absolute Gasteiger partial charge is 0.312 e. The number of nitrogens with one attached hydrogen (secondary N) is 2. The zero-order valence-electron chi connectivity index (χ0n) is 6.37. The van der Waals surface area contributed by atoms with Crippen molar-refractivity contribution in [1.82, 2.24) is 20.4 Å². The summed E-state index contributed by atoms with van der Waals surface area (Å²) in [5, 5.41) is 10.4. The highest BCUT2D eigenvalue weighted by atomic mass is 32.1. The van der Waals surface area contributed by atoms with Crippen molar-refractivity contribution < 1.29 is 0 Å². The maximum Gasteiger partial charge on any atom is 0.305 e. The van der Waals surface area contributed by atoms with Crippen molar-refractivity contribution in [2.24, 2.45) is 0 Å². The molecular weight excluding hydrogens is 188 g/mol. The number of aromatic amines is 2. The fourth-order valence-corrected chi connectivity index (χ4v) is 2.04. The van der Waals surface area contributed by atoms with Gasteiger partial charge in [0.1, 0.15) is 11.0 Å². The van der Waals surface area contributed by atoms with E-state index in [-0.39, 0.29) is 4.87 Å². The lowest BCUT2D eigenvalue weighted by Gasteiger charge is -1.85. The number of H-pyrrole nitrogens is 2. The average molecular weight is 192 g/mol. The zero-order valence-corrected chi connectivity index (χ0v) is 7.18. The Morgan fingerprint density at radius 1 is 1.23 bits per heavy atom. The second kappa shape index (κ2) is 2.17. The Balaban J connectivity index is 2.62. The van der Waals surface area contributed by atoms with E-state index >= 15 is 0 Å². The van der Waals surface area contributed by atoms with Gasteiger partial charge >= 0.3 is 4.87 Å². The number of thiazole rings is 1. The third kappa shape index (κ3) is 0.888. The molecule has 0 bridgehead atoms. The van der Waals surface area contributed by atoms with E-state index < -0.39 is 0 Å². The molecule has 6 heteroatoms. The van der Waals surface area contributed by atoms with Crippen molar-refractivity contribution >= 4 is 32.6 Å². The van der Waals surface area contributed by atoms with Gasteiger partial charge < -0.3 is 4.98 Å². The van der Waals surface area contributed by atoms with Gasteiger partial charge in [0.2, 0.25) is 0 Å². The van der Waals surface area contributed by atoms with Crippen molar-refractivity contribution in [3.63, 3.8) is 0 Å². The maximum absolute atomic E-state index is 11.0. The summed E-state index contributed by atoms with van der Waals surface area (Å²) in [6.45, 7) is 0. The minimum Gasteiger partial charge on any atom is -0.312 e. The quantitative estimate of drug-likeness (QED) is 0.554. The topological polar surface area (TPSA) is 74.4 Å². The lowest BCUT2D eigenvalue weighted by molar-refractivity contribution is 0.959. The first-order valence-corrected chi connectivity index (χ1v) is 4.48. The standard InChI is InChI=1S/C7H4N4OS/c12-7-8-5-1-3-4(10-11-9-3)2-6(5)13-7/h1-2H,(H,8,12)(H,9,10,11). The Hall–Kier alpha value is -1.69. The molecule has 0 radical (unpaired) electrons. The molecule has 5 nitrogen and oxygen atoms in total. The van der Waals surface area contributed by atoms with Gasteiger partial charge in [0.05, 0.1) is 10.2 Å². The van der Waals surface area contributed by atoms with Crippen LogP contribution in [-0.4, -0.2) is 20.4 Å². The summed E-state index contributed by atoms with van der Waals surface area (Å²) in [6.07, 6.45) is 0. The molecule has 3 aromatic rings. The fraction of sp³-hybridized carbons (Fsp3) is 0. The number of nitrogens with zero attached hydrogens (tertiary/aromatic N) is 2. The number of aromatic nitrogens is 4. The molecule has 64 valence electrons. The average Bonchev–Trinajstić information content (AvgIpc) is 2.63. The van der Waals surface area contributed by atoms with Gasteiger partial charge in [-0.1, -0.05) is 11.3 Å². The first-order chi connectivity index (χ1) is 6.33. The predicted octanol–water partition coefficient (Wildman–Crippen LogP) is 0.861. The van der Waals surface area contributed by atoms with Crippen molar-refractivity contribution in [2.75, 3.05) is 0 Å². The van der Waals surface area contributed by atoms with E-state index in [0.717, 1.165) is 21.3 Å². The first kappa shape index (κ1) is 6.79.